The van der Waals surface area contributed by atoms with Crippen LogP contribution in [0, 0.1) is 23.7 Å². The lowest BCUT2D eigenvalue weighted by molar-refractivity contribution is -0.469. The summed E-state index contributed by atoms with van der Waals surface area (Å²) in [6.45, 7) is 2.17. The van der Waals surface area contributed by atoms with Gasteiger partial charge < -0.3 is 0 Å². The summed E-state index contributed by atoms with van der Waals surface area (Å²) in [4.78, 5) is 0. The van der Waals surface area contributed by atoms with Gasteiger partial charge in [0.25, 0.3) is 0 Å². The normalized spacial score (nSPS) is 23.3. The number of unbranched alkanes of at least 4 members (excludes halogenated alkanes) is 4. The number of rotatable bonds is 18. The highest BCUT2D eigenvalue weighted by molar-refractivity contribution is 5.30. The van der Waals surface area contributed by atoms with Crippen LogP contribution in [0.5, 0.6) is 0 Å². The molecule has 0 aromatic heterocycles. The van der Waals surface area contributed by atoms with Gasteiger partial charge in [-0.15, -0.1) is 0 Å². The van der Waals surface area contributed by atoms with E-state index in [0.717, 1.165) is 31.6 Å². The summed E-state index contributed by atoms with van der Waals surface area (Å²) in [5, 5.41) is 0. The van der Waals surface area contributed by atoms with Crippen LogP contribution in [0.2, 0.25) is 0 Å². The van der Waals surface area contributed by atoms with Gasteiger partial charge in [0.15, 0.2) is 0 Å². The zero-order valence-corrected chi connectivity index (χ0v) is 29.6. The van der Waals surface area contributed by atoms with Gasteiger partial charge in [0.2, 0.25) is 0 Å². The Balaban J connectivity index is 1.63. The van der Waals surface area contributed by atoms with Gasteiger partial charge in [-0.3, -0.25) is 0 Å². The van der Waals surface area contributed by atoms with Crippen molar-refractivity contribution in [3.63, 3.8) is 0 Å². The molecule has 19 heteroatoms. The van der Waals surface area contributed by atoms with Gasteiger partial charge in [0.05, 0.1) is 0 Å². The number of alkyl halides is 19. The average Bonchev–Trinajstić information content (AvgIpc) is 3.10. The summed E-state index contributed by atoms with van der Waals surface area (Å²) in [5.74, 6) is -64.5. The fourth-order valence-electron chi connectivity index (χ4n) is 7.73. The molecule has 2 aliphatic carbocycles. The molecule has 0 amide bonds. The van der Waals surface area contributed by atoms with E-state index in [1.54, 1.807) is 0 Å². The predicted octanol–water partition coefficient (Wildman–Crippen LogP) is 14.7. The molecule has 0 bridgehead atoms. The molecule has 0 spiro atoms. The first-order valence-electron chi connectivity index (χ1n) is 18.1. The van der Waals surface area contributed by atoms with Crippen molar-refractivity contribution in [2.75, 3.05) is 0 Å². The Bertz CT molecular complexity index is 1350. The predicted molar refractivity (Wildman–Crippen MR) is 164 cm³/mol. The van der Waals surface area contributed by atoms with Crippen molar-refractivity contribution < 1.29 is 83.4 Å². The van der Waals surface area contributed by atoms with E-state index in [-0.39, 0.29) is 30.0 Å². The van der Waals surface area contributed by atoms with E-state index in [2.05, 4.69) is 6.92 Å². The molecule has 3 rings (SSSR count). The molecule has 320 valence electrons. The SMILES string of the molecule is CCCCCCCC1CCC(C2CCC(CCc3ccc(C(F)(F)C(F)(F)C(F)(F)C(F)(F)C(F)(F)C(F)(F)C(F)(F)C(F)(F)C(F)(F)F)cc3)CC2)CC1. The third kappa shape index (κ3) is 8.69. The molecule has 0 atom stereocenters. The summed E-state index contributed by atoms with van der Waals surface area (Å²) in [5.41, 5.74) is -2.10. The van der Waals surface area contributed by atoms with Crippen molar-refractivity contribution >= 4 is 0 Å². The Morgan fingerprint density at radius 3 is 1.18 bits per heavy atom. The standard InChI is InChI=1S/C36H43F19/c1-2-3-4-5-6-7-22-10-16-25(17-11-22)26-18-12-23(13-19-26)8-9-24-14-20-27(21-15-24)28(37,38)29(39,40)30(41,42)31(43,44)32(45,46)33(47,48)34(49,50)35(51,52)36(53,54)55/h14-15,20-23,25-26H,2-13,16-19H2,1H3. The molecule has 55 heavy (non-hydrogen) atoms. The van der Waals surface area contributed by atoms with Crippen LogP contribution in [-0.2, 0) is 12.3 Å². The summed E-state index contributed by atoms with van der Waals surface area (Å²) in [7, 11) is 0. The van der Waals surface area contributed by atoms with Crippen LogP contribution >= 0.6 is 0 Å². The summed E-state index contributed by atoms with van der Waals surface area (Å²) in [6.07, 6.45) is 8.53. The maximum atomic E-state index is 14.7. The molecule has 2 fully saturated rings. The average molecular weight is 837 g/mol. The summed E-state index contributed by atoms with van der Waals surface area (Å²) < 4.78 is 260. The zero-order valence-electron chi connectivity index (χ0n) is 29.6. The molecule has 0 unspecified atom stereocenters. The fourth-order valence-corrected chi connectivity index (χ4v) is 7.73. The quantitative estimate of drug-likeness (QED) is 0.102. The summed E-state index contributed by atoms with van der Waals surface area (Å²) >= 11 is 0. The summed E-state index contributed by atoms with van der Waals surface area (Å²) in [6, 6.07) is 1.40. The van der Waals surface area contributed by atoms with Gasteiger partial charge in [-0.1, -0.05) is 95.4 Å². The Kier molecular flexibility index (Phi) is 14.3. The van der Waals surface area contributed by atoms with E-state index in [1.165, 1.54) is 64.2 Å². The molecular formula is C36H43F19. The highest BCUT2D eigenvalue weighted by Gasteiger charge is 2.96. The van der Waals surface area contributed by atoms with E-state index in [4.69, 9.17) is 0 Å². The monoisotopic (exact) mass is 836 g/mol. The zero-order chi connectivity index (χ0) is 42.1. The van der Waals surface area contributed by atoms with E-state index in [0.29, 0.717) is 30.4 Å². The highest BCUT2D eigenvalue weighted by Crippen LogP contribution is 2.66. The largest absolute Gasteiger partial charge is 0.460 e. The molecule has 2 aliphatic rings. The van der Waals surface area contributed by atoms with Gasteiger partial charge in [0.1, 0.15) is 0 Å². The maximum absolute atomic E-state index is 14.7. The van der Waals surface area contributed by atoms with Gasteiger partial charge >= 0.3 is 53.6 Å². The second-order valence-corrected chi connectivity index (χ2v) is 15.1. The third-order valence-corrected chi connectivity index (χ3v) is 11.4. The van der Waals surface area contributed by atoms with Crippen LogP contribution < -0.4 is 0 Å². The number of hydrogen-bond donors (Lipinski definition) is 0. The molecule has 0 aliphatic heterocycles. The van der Waals surface area contributed by atoms with Gasteiger partial charge in [0, 0.05) is 5.56 Å². The lowest BCUT2D eigenvalue weighted by Crippen LogP contribution is -2.75. The van der Waals surface area contributed by atoms with Crippen molar-refractivity contribution in [2.24, 2.45) is 23.7 Å². The molecule has 0 heterocycles. The lowest BCUT2D eigenvalue weighted by Gasteiger charge is -2.43. The molecule has 0 nitrogen and oxygen atoms in total. The third-order valence-electron chi connectivity index (χ3n) is 11.4. The Hall–Kier alpha value is -2.11. The molecular weight excluding hydrogens is 793 g/mol. The van der Waals surface area contributed by atoms with Crippen LogP contribution in [0.4, 0.5) is 83.4 Å². The highest BCUT2D eigenvalue weighted by atomic mass is 19.4. The van der Waals surface area contributed by atoms with Crippen molar-refractivity contribution in [1.29, 1.82) is 0 Å². The first-order valence-corrected chi connectivity index (χ1v) is 18.1. The van der Waals surface area contributed by atoms with Crippen LogP contribution in [0.1, 0.15) is 114 Å². The van der Waals surface area contributed by atoms with Crippen molar-refractivity contribution in [3.05, 3.63) is 35.4 Å². The van der Waals surface area contributed by atoms with Crippen molar-refractivity contribution in [1.82, 2.24) is 0 Å². The first-order chi connectivity index (χ1) is 25.0. The van der Waals surface area contributed by atoms with Crippen molar-refractivity contribution in [2.45, 2.75) is 163 Å². The van der Waals surface area contributed by atoms with Gasteiger partial charge in [-0.05, 0) is 67.8 Å². The minimum Gasteiger partial charge on any atom is -0.194 e. The van der Waals surface area contributed by atoms with E-state index in [1.807, 2.05) is 0 Å². The van der Waals surface area contributed by atoms with Crippen LogP contribution in [-0.4, -0.2) is 47.6 Å². The maximum Gasteiger partial charge on any atom is 0.460 e. The van der Waals surface area contributed by atoms with Crippen LogP contribution in [0.15, 0.2) is 24.3 Å². The molecule has 0 radical (unpaired) electrons. The molecule has 0 saturated heterocycles. The minimum atomic E-state index is -8.92. The molecule has 0 N–H and O–H groups in total. The fraction of sp³-hybridized carbons (Fsp3) is 0.833. The molecule has 2 saturated carbocycles. The number of halogens is 19. The van der Waals surface area contributed by atoms with Crippen LogP contribution in [0.25, 0.3) is 0 Å². The van der Waals surface area contributed by atoms with Gasteiger partial charge in [-0.25, -0.2) is 0 Å². The Labute approximate surface area is 306 Å². The first kappa shape index (κ1) is 47.3. The second-order valence-electron chi connectivity index (χ2n) is 15.1. The second kappa shape index (κ2) is 16.6. The van der Waals surface area contributed by atoms with Gasteiger partial charge in [-0.2, -0.15) is 83.4 Å². The van der Waals surface area contributed by atoms with Crippen LogP contribution in [0.3, 0.4) is 0 Å². The number of benzene rings is 1. The Morgan fingerprint density at radius 1 is 0.418 bits per heavy atom. The molecule has 1 aromatic rings. The van der Waals surface area contributed by atoms with E-state index in [9.17, 15) is 83.4 Å². The topological polar surface area (TPSA) is 0 Å². The van der Waals surface area contributed by atoms with E-state index < -0.39 is 59.1 Å². The number of hydrogen-bond acceptors (Lipinski definition) is 0. The molecule has 1 aromatic carbocycles. The number of aryl methyl sites for hydroxylation is 1. The smallest absolute Gasteiger partial charge is 0.194 e. The van der Waals surface area contributed by atoms with E-state index >= 15 is 0 Å². The lowest BCUT2D eigenvalue weighted by atomic mass is 9.68. The van der Waals surface area contributed by atoms with Crippen molar-refractivity contribution in [3.8, 4) is 0 Å². The minimum absolute atomic E-state index is 0.0146. The Morgan fingerprint density at radius 2 is 0.782 bits per heavy atom.